The summed E-state index contributed by atoms with van der Waals surface area (Å²) >= 11 is 3.49. The Bertz CT molecular complexity index is 1800. The summed E-state index contributed by atoms with van der Waals surface area (Å²) in [7, 11) is 0. The van der Waals surface area contributed by atoms with E-state index in [4.69, 9.17) is 4.98 Å². The average Bonchev–Trinajstić information content (AvgIpc) is 2.97. The van der Waals surface area contributed by atoms with E-state index in [2.05, 4.69) is 31.0 Å². The molecule has 1 saturated carbocycles. The molecule has 11 heteroatoms. The Morgan fingerprint density at radius 3 is 2.40 bits per heavy atom. The van der Waals surface area contributed by atoms with Crippen molar-refractivity contribution in [3.63, 3.8) is 0 Å². The molecule has 0 radical (unpaired) electrons. The van der Waals surface area contributed by atoms with Crippen molar-refractivity contribution in [1.82, 2.24) is 15.3 Å². The minimum absolute atomic E-state index is 0.158. The van der Waals surface area contributed by atoms with Gasteiger partial charge in [0.1, 0.15) is 5.69 Å². The molecule has 1 amide bonds. The largest absolute Gasteiger partial charge is 0.573 e. The van der Waals surface area contributed by atoms with Gasteiger partial charge in [-0.1, -0.05) is 52.3 Å². The Morgan fingerprint density at radius 1 is 1.00 bits per heavy atom. The number of pyridine rings is 2. The molecule has 7 nitrogen and oxygen atoms in total. The number of carboxylic acid groups (broad SMARTS) is 1. The highest BCUT2D eigenvalue weighted by molar-refractivity contribution is 9.10. The molecule has 4 aromatic rings. The molecule has 0 aliphatic heterocycles. The zero-order valence-electron chi connectivity index (χ0n) is 22.8. The van der Waals surface area contributed by atoms with Crippen LogP contribution < -0.4 is 10.1 Å². The second-order valence-corrected chi connectivity index (χ2v) is 11.9. The van der Waals surface area contributed by atoms with Crippen LogP contribution in [-0.2, 0) is 4.79 Å². The van der Waals surface area contributed by atoms with Crippen LogP contribution in [0.15, 0.2) is 77.4 Å². The standard InChI is InChI=1S/C32H25BrF3N3O4/c1-18-25(21-16-20(33)9-10-23(21)38-26(18)19-6-3-2-4-7-19)28(40)39-31-13-11-30(12-14-31,29(41)42)17-22(31)27-24(8-5-15-37-27)43-32(34,35)36/h2-10,15-17H,11-14H2,1H3,(H,39,40)(H,41,42). The number of benzene rings is 2. The van der Waals surface area contributed by atoms with Crippen LogP contribution in [0.25, 0.3) is 27.7 Å². The lowest BCUT2D eigenvalue weighted by molar-refractivity contribution is -0.274. The molecule has 2 aromatic carbocycles. The van der Waals surface area contributed by atoms with E-state index in [-0.39, 0.29) is 37.0 Å². The fraction of sp³-hybridized carbons (Fsp3) is 0.250. The van der Waals surface area contributed by atoms with Gasteiger partial charge in [0, 0.05) is 27.2 Å². The van der Waals surface area contributed by atoms with Crippen molar-refractivity contribution in [2.45, 2.75) is 44.5 Å². The maximum atomic E-state index is 14.4. The number of alkyl halides is 3. The molecule has 3 aliphatic carbocycles. The predicted molar refractivity (Wildman–Crippen MR) is 157 cm³/mol. The SMILES string of the molecule is Cc1c(-c2ccccc2)nc2ccc(Br)cc2c1C(=O)NC12CCC(C(=O)O)(C=C1c1ncccc1OC(F)(F)F)CC2. The molecule has 1 fully saturated rings. The second kappa shape index (κ2) is 10.5. The molecule has 7 rings (SSSR count). The quantitative estimate of drug-likeness (QED) is 0.224. The van der Waals surface area contributed by atoms with Gasteiger partial charge in [-0.25, -0.2) is 4.98 Å². The average molecular weight is 652 g/mol. The first-order valence-electron chi connectivity index (χ1n) is 13.6. The van der Waals surface area contributed by atoms with E-state index in [9.17, 15) is 27.9 Å². The Morgan fingerprint density at radius 2 is 1.72 bits per heavy atom. The molecule has 220 valence electrons. The lowest BCUT2D eigenvalue weighted by Crippen LogP contribution is -2.57. The van der Waals surface area contributed by atoms with Crippen LogP contribution in [0.2, 0.25) is 0 Å². The van der Waals surface area contributed by atoms with Crippen LogP contribution in [-0.4, -0.2) is 38.9 Å². The fourth-order valence-corrected chi connectivity index (χ4v) is 6.66. The summed E-state index contributed by atoms with van der Waals surface area (Å²) in [6.07, 6.45) is -1.45. The molecule has 0 atom stereocenters. The molecular formula is C32H25BrF3N3O4. The van der Waals surface area contributed by atoms with E-state index in [1.54, 1.807) is 6.07 Å². The van der Waals surface area contributed by atoms with Crippen molar-refractivity contribution in [2.24, 2.45) is 5.41 Å². The number of nitrogens with zero attached hydrogens (tertiary/aromatic N) is 2. The number of halogens is 4. The smallest absolute Gasteiger partial charge is 0.481 e. The van der Waals surface area contributed by atoms with Crippen molar-refractivity contribution >= 4 is 44.3 Å². The summed E-state index contributed by atoms with van der Waals surface area (Å²) in [6, 6.07) is 17.3. The van der Waals surface area contributed by atoms with Gasteiger partial charge in [0.25, 0.3) is 5.91 Å². The van der Waals surface area contributed by atoms with Gasteiger partial charge < -0.3 is 15.2 Å². The molecule has 2 bridgehead atoms. The Labute approximate surface area is 252 Å². The molecule has 0 spiro atoms. The van der Waals surface area contributed by atoms with Gasteiger partial charge in [-0.3, -0.25) is 14.6 Å². The lowest BCUT2D eigenvalue weighted by atomic mass is 9.57. The van der Waals surface area contributed by atoms with Gasteiger partial charge in [0.15, 0.2) is 5.75 Å². The highest BCUT2D eigenvalue weighted by Crippen LogP contribution is 2.55. The maximum absolute atomic E-state index is 14.4. The molecule has 2 heterocycles. The van der Waals surface area contributed by atoms with E-state index in [1.165, 1.54) is 18.3 Å². The molecule has 0 unspecified atom stereocenters. The lowest BCUT2D eigenvalue weighted by Gasteiger charge is -2.50. The van der Waals surface area contributed by atoms with Crippen LogP contribution in [0, 0.1) is 12.3 Å². The Balaban J connectivity index is 1.51. The third-order valence-corrected chi connectivity index (χ3v) is 8.92. The number of hydrogen-bond donors (Lipinski definition) is 2. The second-order valence-electron chi connectivity index (χ2n) is 10.9. The van der Waals surface area contributed by atoms with Crippen LogP contribution in [0.5, 0.6) is 5.75 Å². The normalized spacial score (nSPS) is 21.4. The van der Waals surface area contributed by atoms with Gasteiger partial charge in [0.2, 0.25) is 0 Å². The van der Waals surface area contributed by atoms with Gasteiger partial charge in [0.05, 0.1) is 27.7 Å². The number of carbonyl (C=O) groups excluding carboxylic acids is 1. The van der Waals surface area contributed by atoms with Crippen molar-refractivity contribution < 1.29 is 32.6 Å². The summed E-state index contributed by atoms with van der Waals surface area (Å²) in [4.78, 5) is 35.8. The minimum Gasteiger partial charge on any atom is -0.481 e. The van der Waals surface area contributed by atoms with Crippen molar-refractivity contribution in [1.29, 1.82) is 0 Å². The number of aromatic nitrogens is 2. The van der Waals surface area contributed by atoms with Gasteiger partial charge in [-0.2, -0.15) is 0 Å². The Kier molecular flexibility index (Phi) is 7.03. The minimum atomic E-state index is -5.00. The number of ether oxygens (including phenoxy) is 1. The van der Waals surface area contributed by atoms with Crippen molar-refractivity contribution in [2.75, 3.05) is 0 Å². The van der Waals surface area contributed by atoms with Crippen molar-refractivity contribution in [3.05, 3.63) is 94.2 Å². The van der Waals surface area contributed by atoms with Crippen LogP contribution in [0.3, 0.4) is 0 Å². The first-order chi connectivity index (χ1) is 20.4. The third kappa shape index (κ3) is 5.15. The molecule has 0 saturated heterocycles. The van der Waals surface area contributed by atoms with Gasteiger partial charge in [-0.15, -0.1) is 13.2 Å². The van der Waals surface area contributed by atoms with E-state index < -0.39 is 34.9 Å². The van der Waals surface area contributed by atoms with Crippen LogP contribution in [0.1, 0.15) is 47.3 Å². The number of nitrogens with one attached hydrogen (secondary N) is 1. The zero-order valence-corrected chi connectivity index (χ0v) is 24.4. The number of rotatable bonds is 6. The van der Waals surface area contributed by atoms with Crippen LogP contribution in [0.4, 0.5) is 13.2 Å². The number of carboxylic acids is 1. The van der Waals surface area contributed by atoms with Gasteiger partial charge in [-0.05, 0) is 68.5 Å². The monoisotopic (exact) mass is 651 g/mol. The Hall–Kier alpha value is -4.25. The fourth-order valence-electron chi connectivity index (χ4n) is 6.29. The van der Waals surface area contributed by atoms with Gasteiger partial charge >= 0.3 is 12.3 Å². The summed E-state index contributed by atoms with van der Waals surface area (Å²) in [6.45, 7) is 1.81. The number of fused-ring (bicyclic) bond motifs is 3. The number of aliphatic carboxylic acids is 1. The third-order valence-electron chi connectivity index (χ3n) is 8.43. The van der Waals surface area contributed by atoms with E-state index in [1.807, 2.05) is 49.4 Å². The van der Waals surface area contributed by atoms with Crippen LogP contribution >= 0.6 is 15.9 Å². The zero-order chi connectivity index (χ0) is 30.6. The topological polar surface area (TPSA) is 101 Å². The molecule has 3 aliphatic rings. The van der Waals surface area contributed by atoms with E-state index in [0.29, 0.717) is 27.7 Å². The first-order valence-corrected chi connectivity index (χ1v) is 14.4. The molecule has 2 aromatic heterocycles. The number of hydrogen-bond acceptors (Lipinski definition) is 5. The van der Waals surface area contributed by atoms with E-state index >= 15 is 0 Å². The summed E-state index contributed by atoms with van der Waals surface area (Å²) in [5.41, 5.74) is 0.587. The summed E-state index contributed by atoms with van der Waals surface area (Å²) < 4.78 is 45.1. The van der Waals surface area contributed by atoms with E-state index in [0.717, 1.165) is 16.1 Å². The highest BCUT2D eigenvalue weighted by Gasteiger charge is 2.55. The number of carbonyl (C=O) groups is 2. The predicted octanol–water partition coefficient (Wildman–Crippen LogP) is 7.48. The maximum Gasteiger partial charge on any atom is 0.573 e. The summed E-state index contributed by atoms with van der Waals surface area (Å²) in [5, 5.41) is 13.9. The summed E-state index contributed by atoms with van der Waals surface area (Å²) in [5.74, 6) is -2.10. The number of amides is 1. The molecular weight excluding hydrogens is 627 g/mol. The first kappa shape index (κ1) is 28.9. The highest BCUT2D eigenvalue weighted by atomic mass is 79.9. The van der Waals surface area contributed by atoms with Crippen molar-refractivity contribution in [3.8, 4) is 17.0 Å². The molecule has 2 N–H and O–H groups in total. The molecule has 43 heavy (non-hydrogen) atoms.